The van der Waals surface area contributed by atoms with Crippen LogP contribution in [0.15, 0.2) is 12.1 Å². The SMILES string of the molecule is CCC(CC)(CN)NC(=O)c1cc(C)c(F)cc1F. The van der Waals surface area contributed by atoms with Gasteiger partial charge in [-0.05, 0) is 31.4 Å². The highest BCUT2D eigenvalue weighted by atomic mass is 19.1. The van der Waals surface area contributed by atoms with Crippen molar-refractivity contribution in [3.63, 3.8) is 0 Å². The van der Waals surface area contributed by atoms with Gasteiger partial charge in [0.15, 0.2) is 0 Å². The highest BCUT2D eigenvalue weighted by Crippen LogP contribution is 2.18. The van der Waals surface area contributed by atoms with E-state index >= 15 is 0 Å². The third kappa shape index (κ3) is 3.29. The number of carbonyl (C=O) groups excluding carboxylic acids is 1. The Bertz CT molecular complexity index is 462. The molecule has 0 aliphatic carbocycles. The van der Waals surface area contributed by atoms with E-state index in [2.05, 4.69) is 5.32 Å². The van der Waals surface area contributed by atoms with Crippen LogP contribution < -0.4 is 11.1 Å². The van der Waals surface area contributed by atoms with Crippen LogP contribution in [-0.4, -0.2) is 18.0 Å². The molecule has 1 rings (SSSR count). The zero-order valence-electron chi connectivity index (χ0n) is 11.5. The Kier molecular flexibility index (Phi) is 5.00. The van der Waals surface area contributed by atoms with Gasteiger partial charge in [-0.3, -0.25) is 4.79 Å². The van der Waals surface area contributed by atoms with Crippen LogP contribution >= 0.6 is 0 Å². The molecule has 0 aromatic heterocycles. The molecule has 1 aromatic rings. The molecule has 0 aliphatic rings. The van der Waals surface area contributed by atoms with Crippen molar-refractivity contribution in [1.29, 1.82) is 0 Å². The normalized spacial score (nSPS) is 11.5. The Balaban J connectivity index is 3.04. The standard InChI is InChI=1S/C14H20F2N2O/c1-4-14(5-2,8-17)18-13(19)10-6-9(3)11(15)7-12(10)16/h6-7H,4-5,8,17H2,1-3H3,(H,18,19). The number of aryl methyl sites for hydroxylation is 1. The number of nitrogens with two attached hydrogens (primary N) is 1. The zero-order valence-corrected chi connectivity index (χ0v) is 11.5. The van der Waals surface area contributed by atoms with E-state index in [4.69, 9.17) is 5.73 Å². The molecular weight excluding hydrogens is 250 g/mol. The summed E-state index contributed by atoms with van der Waals surface area (Å²) in [4.78, 5) is 12.1. The largest absolute Gasteiger partial charge is 0.345 e. The Morgan fingerprint density at radius 2 is 1.84 bits per heavy atom. The first kappa shape index (κ1) is 15.6. The third-order valence-corrected chi connectivity index (χ3v) is 3.62. The number of amides is 1. The molecule has 19 heavy (non-hydrogen) atoms. The summed E-state index contributed by atoms with van der Waals surface area (Å²) in [6, 6.07) is 1.94. The van der Waals surface area contributed by atoms with E-state index in [0.717, 1.165) is 6.07 Å². The molecular formula is C14H20F2N2O. The fourth-order valence-corrected chi connectivity index (χ4v) is 1.91. The van der Waals surface area contributed by atoms with Crippen molar-refractivity contribution in [3.8, 4) is 0 Å². The van der Waals surface area contributed by atoms with Gasteiger partial charge >= 0.3 is 0 Å². The van der Waals surface area contributed by atoms with Crippen LogP contribution in [0.25, 0.3) is 0 Å². The second kappa shape index (κ2) is 6.10. The first-order valence-electron chi connectivity index (χ1n) is 6.37. The van der Waals surface area contributed by atoms with Crippen molar-refractivity contribution in [1.82, 2.24) is 5.32 Å². The molecule has 1 amide bonds. The monoisotopic (exact) mass is 270 g/mol. The second-order valence-electron chi connectivity index (χ2n) is 4.73. The van der Waals surface area contributed by atoms with Gasteiger partial charge in [0.05, 0.1) is 11.1 Å². The van der Waals surface area contributed by atoms with E-state index in [1.54, 1.807) is 0 Å². The minimum atomic E-state index is -0.862. The van der Waals surface area contributed by atoms with Crippen LogP contribution in [0.1, 0.15) is 42.6 Å². The topological polar surface area (TPSA) is 55.1 Å². The van der Waals surface area contributed by atoms with E-state index in [0.29, 0.717) is 12.8 Å². The molecule has 0 saturated heterocycles. The van der Waals surface area contributed by atoms with E-state index in [1.807, 2.05) is 13.8 Å². The lowest BCUT2D eigenvalue weighted by Gasteiger charge is -2.31. The predicted molar refractivity (Wildman–Crippen MR) is 70.9 cm³/mol. The van der Waals surface area contributed by atoms with Gasteiger partial charge in [-0.2, -0.15) is 0 Å². The number of hydrogen-bond acceptors (Lipinski definition) is 2. The molecule has 5 heteroatoms. The summed E-state index contributed by atoms with van der Waals surface area (Å²) < 4.78 is 26.8. The lowest BCUT2D eigenvalue weighted by molar-refractivity contribution is 0.0891. The molecule has 0 heterocycles. The average molecular weight is 270 g/mol. The average Bonchev–Trinajstić information content (AvgIpc) is 2.40. The van der Waals surface area contributed by atoms with Crippen molar-refractivity contribution >= 4 is 5.91 Å². The van der Waals surface area contributed by atoms with Crippen molar-refractivity contribution in [3.05, 3.63) is 34.9 Å². The fourth-order valence-electron chi connectivity index (χ4n) is 1.91. The van der Waals surface area contributed by atoms with Gasteiger partial charge in [0.2, 0.25) is 0 Å². The maximum absolute atomic E-state index is 13.6. The van der Waals surface area contributed by atoms with Gasteiger partial charge in [-0.15, -0.1) is 0 Å². The molecule has 0 bridgehead atoms. The van der Waals surface area contributed by atoms with E-state index in [9.17, 15) is 13.6 Å². The molecule has 3 N–H and O–H groups in total. The molecule has 1 aromatic carbocycles. The van der Waals surface area contributed by atoms with Crippen LogP contribution in [0, 0.1) is 18.6 Å². The maximum atomic E-state index is 13.6. The summed E-state index contributed by atoms with van der Waals surface area (Å²) in [6.45, 7) is 5.57. The quantitative estimate of drug-likeness (QED) is 0.863. The summed E-state index contributed by atoms with van der Waals surface area (Å²) in [7, 11) is 0. The molecule has 0 saturated carbocycles. The van der Waals surface area contributed by atoms with E-state index in [1.165, 1.54) is 13.0 Å². The Labute approximate surface area is 112 Å². The molecule has 0 fully saturated rings. The molecule has 106 valence electrons. The maximum Gasteiger partial charge on any atom is 0.254 e. The predicted octanol–water partition coefficient (Wildman–Crippen LogP) is 2.52. The number of rotatable bonds is 5. The van der Waals surface area contributed by atoms with Crippen LogP contribution in [0.4, 0.5) is 8.78 Å². The summed E-state index contributed by atoms with van der Waals surface area (Å²) in [6.07, 6.45) is 1.29. The lowest BCUT2D eigenvalue weighted by atomic mass is 9.92. The lowest BCUT2D eigenvalue weighted by Crippen LogP contribution is -2.53. The fraction of sp³-hybridized carbons (Fsp3) is 0.500. The number of halogens is 2. The van der Waals surface area contributed by atoms with Crippen LogP contribution in [-0.2, 0) is 0 Å². The highest BCUT2D eigenvalue weighted by Gasteiger charge is 2.28. The van der Waals surface area contributed by atoms with Gasteiger partial charge < -0.3 is 11.1 Å². The van der Waals surface area contributed by atoms with Gasteiger partial charge in [-0.25, -0.2) is 8.78 Å². The summed E-state index contributed by atoms with van der Waals surface area (Å²) >= 11 is 0. The number of hydrogen-bond donors (Lipinski definition) is 2. The van der Waals surface area contributed by atoms with Crippen molar-refractivity contribution in [2.45, 2.75) is 39.2 Å². The van der Waals surface area contributed by atoms with Gasteiger partial charge in [0.25, 0.3) is 5.91 Å². The molecule has 0 atom stereocenters. The van der Waals surface area contributed by atoms with Crippen LogP contribution in [0.3, 0.4) is 0 Å². The molecule has 0 radical (unpaired) electrons. The highest BCUT2D eigenvalue weighted by molar-refractivity contribution is 5.95. The first-order chi connectivity index (χ1) is 8.89. The van der Waals surface area contributed by atoms with Crippen LogP contribution in [0.2, 0.25) is 0 Å². The Morgan fingerprint density at radius 3 is 2.32 bits per heavy atom. The smallest absolute Gasteiger partial charge is 0.254 e. The summed E-state index contributed by atoms with van der Waals surface area (Å²) in [5.74, 6) is -2.08. The minimum absolute atomic E-state index is 0.154. The Hall–Kier alpha value is -1.49. The zero-order chi connectivity index (χ0) is 14.6. The van der Waals surface area contributed by atoms with Crippen molar-refractivity contribution in [2.75, 3.05) is 6.54 Å². The number of benzene rings is 1. The van der Waals surface area contributed by atoms with Gasteiger partial charge in [-0.1, -0.05) is 13.8 Å². The summed E-state index contributed by atoms with van der Waals surface area (Å²) in [5.41, 5.74) is 5.21. The molecule has 3 nitrogen and oxygen atoms in total. The molecule has 0 unspecified atom stereocenters. The van der Waals surface area contributed by atoms with Crippen molar-refractivity contribution in [2.24, 2.45) is 5.73 Å². The van der Waals surface area contributed by atoms with Crippen LogP contribution in [0.5, 0.6) is 0 Å². The number of nitrogens with one attached hydrogen (secondary N) is 1. The Morgan fingerprint density at radius 1 is 1.26 bits per heavy atom. The van der Waals surface area contributed by atoms with E-state index in [-0.39, 0.29) is 17.7 Å². The van der Waals surface area contributed by atoms with E-state index < -0.39 is 23.1 Å². The first-order valence-corrected chi connectivity index (χ1v) is 6.37. The minimum Gasteiger partial charge on any atom is -0.345 e. The molecule has 0 aliphatic heterocycles. The third-order valence-electron chi connectivity index (χ3n) is 3.62. The van der Waals surface area contributed by atoms with Gasteiger partial charge in [0.1, 0.15) is 11.6 Å². The number of carbonyl (C=O) groups is 1. The molecule has 0 spiro atoms. The van der Waals surface area contributed by atoms with Crippen molar-refractivity contribution < 1.29 is 13.6 Å². The summed E-state index contributed by atoms with van der Waals surface area (Å²) in [5, 5.41) is 2.76. The second-order valence-corrected chi connectivity index (χ2v) is 4.73. The van der Waals surface area contributed by atoms with Gasteiger partial charge in [0, 0.05) is 12.6 Å².